The molecule has 0 aliphatic carbocycles. The van der Waals surface area contributed by atoms with Crippen molar-refractivity contribution in [2.75, 3.05) is 9.80 Å². The van der Waals surface area contributed by atoms with Gasteiger partial charge in [-0.3, -0.25) is 0 Å². The zero-order valence-corrected chi connectivity index (χ0v) is 86.1. The molecule has 21 aromatic carbocycles. The smallest absolute Gasteiger partial charge is 0.252 e. The van der Waals surface area contributed by atoms with E-state index in [4.69, 9.17) is 17.7 Å². The molecule has 26 aromatic rings. The zero-order valence-electron chi connectivity index (χ0n) is 86.1. The number of rotatable bonds is 13. The van der Waals surface area contributed by atoms with Crippen LogP contribution in [0.5, 0.6) is 0 Å². The highest BCUT2D eigenvalue weighted by atomic mass is 16.3. The molecule has 7 heterocycles. The van der Waals surface area contributed by atoms with Crippen molar-refractivity contribution in [2.24, 2.45) is 0 Å². The van der Waals surface area contributed by atoms with Gasteiger partial charge in [0.1, 0.15) is 44.7 Å². The molecule has 2 aliphatic heterocycles. The van der Waals surface area contributed by atoms with Crippen molar-refractivity contribution in [2.45, 2.75) is 105 Å². The predicted molar refractivity (Wildman–Crippen MR) is 633 cm³/mol. The van der Waals surface area contributed by atoms with Gasteiger partial charge in [0.15, 0.2) is 0 Å². The van der Waals surface area contributed by atoms with Crippen LogP contribution in [0.15, 0.2) is 454 Å². The molecule has 718 valence electrons. The molecule has 150 heavy (non-hydrogen) atoms. The molecule has 28 rings (SSSR count). The Hall–Kier alpha value is -17.7. The second kappa shape index (κ2) is 33.9. The van der Waals surface area contributed by atoms with Gasteiger partial charge in [-0.15, -0.1) is 0 Å². The first kappa shape index (κ1) is 89.9. The van der Waals surface area contributed by atoms with Crippen molar-refractivity contribution >= 4 is 167 Å². The molecule has 5 aromatic heterocycles. The first-order chi connectivity index (χ1) is 72.9. The molecule has 0 fully saturated rings. The number of hydrogen-bond donors (Lipinski definition) is 0. The summed E-state index contributed by atoms with van der Waals surface area (Å²) in [5.41, 5.74) is 44.1. The van der Waals surface area contributed by atoms with Gasteiger partial charge in [-0.05, 0) is 313 Å². The first-order valence-corrected chi connectivity index (χ1v) is 52.6. The van der Waals surface area contributed by atoms with Crippen LogP contribution in [0.4, 0.5) is 34.1 Å². The molecule has 0 N–H and O–H groups in total. The fourth-order valence-corrected chi connectivity index (χ4v) is 24.4. The van der Waals surface area contributed by atoms with E-state index in [0.29, 0.717) is 0 Å². The Labute approximate surface area is 873 Å². The van der Waals surface area contributed by atoms with Crippen molar-refractivity contribution in [3.63, 3.8) is 0 Å². The van der Waals surface area contributed by atoms with Gasteiger partial charge in [0, 0.05) is 105 Å². The van der Waals surface area contributed by atoms with Crippen molar-refractivity contribution in [3.05, 3.63) is 459 Å². The zero-order chi connectivity index (χ0) is 101. The van der Waals surface area contributed by atoms with Gasteiger partial charge in [0.2, 0.25) is 0 Å². The van der Waals surface area contributed by atoms with Gasteiger partial charge in [-0.25, -0.2) is 0 Å². The molecule has 0 bridgehead atoms. The molecule has 0 radical (unpaired) electrons. The van der Waals surface area contributed by atoms with E-state index in [9.17, 15) is 0 Å². The minimum Gasteiger partial charge on any atom is -0.456 e. The number of nitrogens with zero attached hydrogens (tertiary/aromatic N) is 3. The lowest BCUT2D eigenvalue weighted by Gasteiger charge is -2.46. The van der Waals surface area contributed by atoms with Crippen molar-refractivity contribution in [1.82, 2.24) is 4.57 Å². The summed E-state index contributed by atoms with van der Waals surface area (Å²) >= 11 is 0. The van der Waals surface area contributed by atoms with E-state index in [-0.39, 0.29) is 10.8 Å². The van der Waals surface area contributed by atoms with Gasteiger partial charge in [-0.1, -0.05) is 356 Å². The second-order valence-corrected chi connectivity index (χ2v) is 45.4. The Morgan fingerprint density at radius 3 is 0.827 bits per heavy atom. The maximum Gasteiger partial charge on any atom is 0.252 e. The summed E-state index contributed by atoms with van der Waals surface area (Å²) in [6, 6.07) is 165. The van der Waals surface area contributed by atoms with E-state index in [0.717, 1.165) is 277 Å². The Morgan fingerprint density at radius 1 is 0.187 bits per heavy atom. The Balaban J connectivity index is 0.865. The maximum atomic E-state index is 7.23. The third-order valence-electron chi connectivity index (χ3n) is 31.9. The molecular weight excluding hydrogens is 1820 g/mol. The van der Waals surface area contributed by atoms with Crippen LogP contribution in [-0.2, 0) is 21.7 Å². The van der Waals surface area contributed by atoms with Gasteiger partial charge in [0.25, 0.3) is 6.71 Å². The van der Waals surface area contributed by atoms with Crippen molar-refractivity contribution in [3.8, 4) is 117 Å². The number of para-hydroxylation sites is 4. The topological polar surface area (TPSA) is 64.0 Å². The van der Waals surface area contributed by atoms with Gasteiger partial charge in [-0.2, -0.15) is 0 Å². The lowest BCUT2D eigenvalue weighted by molar-refractivity contribution is 0.590. The van der Waals surface area contributed by atoms with Gasteiger partial charge >= 0.3 is 0 Å². The summed E-state index contributed by atoms with van der Waals surface area (Å²) in [6.45, 7) is 27.8. The van der Waals surface area contributed by atoms with Crippen molar-refractivity contribution in [1.29, 1.82) is 0 Å². The third kappa shape index (κ3) is 14.6. The molecule has 2 aliphatic rings. The molecule has 7 nitrogen and oxygen atoms in total. The summed E-state index contributed by atoms with van der Waals surface area (Å²) in [7, 11) is 0. The number of benzene rings is 21. The van der Waals surface area contributed by atoms with Crippen LogP contribution >= 0.6 is 0 Å². The maximum absolute atomic E-state index is 7.23. The molecule has 0 saturated heterocycles. The van der Waals surface area contributed by atoms with E-state index < -0.39 is 17.5 Å². The van der Waals surface area contributed by atoms with E-state index in [1.54, 1.807) is 0 Å². The summed E-state index contributed by atoms with van der Waals surface area (Å²) in [5.74, 6) is 0. The Morgan fingerprint density at radius 2 is 0.487 bits per heavy atom. The van der Waals surface area contributed by atoms with Crippen LogP contribution < -0.4 is 26.2 Å². The summed E-state index contributed by atoms with van der Waals surface area (Å²) in [4.78, 5) is 5.53. The highest BCUT2D eigenvalue weighted by Gasteiger charge is 2.48. The summed E-state index contributed by atoms with van der Waals surface area (Å²) in [6.07, 6.45) is 0. The predicted octanol–water partition coefficient (Wildman–Crippen LogP) is 38.3. The van der Waals surface area contributed by atoms with E-state index in [2.05, 4.69) is 534 Å². The Bertz CT molecular complexity index is 9620. The highest BCUT2D eigenvalue weighted by molar-refractivity contribution is 7.00. The molecule has 0 spiro atoms. The van der Waals surface area contributed by atoms with Crippen LogP contribution in [0.1, 0.15) is 105 Å². The average molecular weight is 1930 g/mol. The van der Waals surface area contributed by atoms with E-state index in [1.807, 2.05) is 0 Å². The molecule has 0 atom stereocenters. The Kier molecular flexibility index (Phi) is 20.3. The standard InChI is InChI=1S/C142H108BN3O4/c1-139(2,3)97-62-67-118-110(78-97)111-79-98(140(4,5)6)63-68-119(111)144(118)101-64-65-116-121(84-101)146(138-114(104-51-35-59-130-134(104)108-47-27-31-55-126(108)149-130)82-100(142(10,11)12)83-115(138)105-52-36-60-131-135(105)109-48-28-32-56-127(109)150-131)123-77-96(95-73-92(87-41-21-15-22-42-87)70-93(74-95)88-43-23-16-24-44-88)76-122-136(123)143(116)117-75-89(94-71-90(85-37-17-13-18-38-85)69-91(72-94)86-39-19-14-20-40-86)61-66-120(117)145(122)137-112(102-49-33-57-128-132(102)106-45-25-29-53-124(106)147-128)80-99(141(7,8)9)81-113(137)103-50-34-58-129-133(103)107-46-26-30-54-125(107)148-129/h13-84H,1-12H3. The second-order valence-electron chi connectivity index (χ2n) is 45.4. The molecule has 0 unspecified atom stereocenters. The van der Waals surface area contributed by atoms with Crippen LogP contribution in [0.25, 0.3) is 227 Å². The van der Waals surface area contributed by atoms with Crippen LogP contribution in [0.3, 0.4) is 0 Å². The molecule has 0 saturated carbocycles. The van der Waals surface area contributed by atoms with Crippen molar-refractivity contribution < 1.29 is 17.7 Å². The van der Waals surface area contributed by atoms with E-state index >= 15 is 0 Å². The third-order valence-corrected chi connectivity index (χ3v) is 31.9. The monoisotopic (exact) mass is 1930 g/mol. The van der Waals surface area contributed by atoms with E-state index in [1.165, 1.54) is 21.9 Å². The minimum atomic E-state index is -0.523. The number of hydrogen-bond acceptors (Lipinski definition) is 6. The highest BCUT2D eigenvalue weighted by Crippen LogP contribution is 2.60. The van der Waals surface area contributed by atoms with Crippen LogP contribution in [-0.4, -0.2) is 11.3 Å². The summed E-state index contributed by atoms with van der Waals surface area (Å²) < 4.78 is 31.4. The molecule has 0 amide bonds. The minimum absolute atomic E-state index is 0.156. The SMILES string of the molecule is CC(C)(C)c1cc(-c2cccc3oc4ccccc4c23)c(N2c3ccc(-c4cc(-c5ccccc5)cc(-c5ccccc5)c4)cc3B3c4ccc(-n5c6ccc(C(C)(C)C)cc6c6cc(C(C)(C)C)ccc65)cc4N(c4c(-c5cccc6oc7ccccc7c56)cc(C(C)(C)C)cc4-c4cccc5oc6ccccc6c45)c4cc(-c5cc(-c6ccccc6)cc(-c6ccccc6)c5)cc2c43)c(-c2cccc3oc4ccccc4c23)c1. The fraction of sp³-hybridized carbons (Fsp3) is 0.113. The largest absolute Gasteiger partial charge is 0.456 e. The van der Waals surface area contributed by atoms with Crippen LogP contribution in [0.2, 0.25) is 0 Å². The number of furan rings is 4. The fourth-order valence-electron chi connectivity index (χ4n) is 24.4. The normalized spacial score (nSPS) is 12.9. The first-order valence-electron chi connectivity index (χ1n) is 52.6. The number of fused-ring (bicyclic) bond motifs is 19. The number of aromatic nitrogens is 1. The average Bonchev–Trinajstić information content (AvgIpc) is 0.785. The molecule has 8 heteroatoms. The lowest BCUT2D eigenvalue weighted by Crippen LogP contribution is -2.61. The summed E-state index contributed by atoms with van der Waals surface area (Å²) in [5, 5.41) is 10.6. The lowest BCUT2D eigenvalue weighted by atomic mass is 9.33. The van der Waals surface area contributed by atoms with Gasteiger partial charge < -0.3 is 32.0 Å². The molecular formula is C142H108BN3O4. The van der Waals surface area contributed by atoms with Crippen LogP contribution in [0, 0.1) is 0 Å². The quantitative estimate of drug-likeness (QED) is 0.107. The number of anilines is 6. The van der Waals surface area contributed by atoms with Gasteiger partial charge in [0.05, 0.1) is 22.4 Å².